The highest BCUT2D eigenvalue weighted by molar-refractivity contribution is 7.89. The van der Waals surface area contributed by atoms with Gasteiger partial charge >= 0.3 is 0 Å². The molecular weight excluding hydrogens is 226 g/mol. The summed E-state index contributed by atoms with van der Waals surface area (Å²) in [4.78, 5) is 0. The molecule has 0 aliphatic carbocycles. The average Bonchev–Trinajstić information content (AvgIpc) is 2.16. The maximum Gasteiger partial charge on any atom is 0.214 e. The first-order valence-corrected chi connectivity index (χ1v) is 7.57. The molecule has 1 aliphatic heterocycles. The molecule has 0 bridgehead atoms. The Labute approximate surface area is 98.7 Å². The molecule has 1 saturated heterocycles. The zero-order chi connectivity index (χ0) is 12.2. The van der Waals surface area contributed by atoms with E-state index in [9.17, 15) is 8.42 Å². The molecular formula is C11H23NO3S. The Morgan fingerprint density at radius 2 is 2.00 bits per heavy atom. The van der Waals surface area contributed by atoms with E-state index in [1.807, 2.05) is 0 Å². The van der Waals surface area contributed by atoms with Crippen LogP contribution in [0.25, 0.3) is 0 Å². The van der Waals surface area contributed by atoms with Gasteiger partial charge in [0.05, 0.1) is 5.75 Å². The van der Waals surface area contributed by atoms with Crippen LogP contribution in [0.1, 0.15) is 39.5 Å². The quantitative estimate of drug-likeness (QED) is 0.745. The van der Waals surface area contributed by atoms with Gasteiger partial charge in [0, 0.05) is 19.7 Å². The Kier molecular flexibility index (Phi) is 4.76. The van der Waals surface area contributed by atoms with Gasteiger partial charge in [-0.1, -0.05) is 13.8 Å². The Morgan fingerprint density at radius 1 is 1.31 bits per heavy atom. The third-order valence-electron chi connectivity index (χ3n) is 3.07. The van der Waals surface area contributed by atoms with Crippen LogP contribution in [0.5, 0.6) is 0 Å². The van der Waals surface area contributed by atoms with Gasteiger partial charge in [0.15, 0.2) is 0 Å². The number of nitrogens with zero attached hydrogens (tertiary/aromatic N) is 1. The lowest BCUT2D eigenvalue weighted by Crippen LogP contribution is -2.44. The molecule has 96 valence electrons. The average molecular weight is 249 g/mol. The number of rotatable bonds is 5. The summed E-state index contributed by atoms with van der Waals surface area (Å²) in [6.07, 6.45) is 3.16. The second-order valence-electron chi connectivity index (χ2n) is 5.35. The summed E-state index contributed by atoms with van der Waals surface area (Å²) in [7, 11) is -3.10. The van der Waals surface area contributed by atoms with Crippen molar-refractivity contribution in [3.05, 3.63) is 0 Å². The fourth-order valence-corrected chi connectivity index (χ4v) is 3.91. The summed E-state index contributed by atoms with van der Waals surface area (Å²) in [5.74, 6) is 0.170. The molecule has 1 fully saturated rings. The molecule has 4 nitrogen and oxygen atoms in total. The molecule has 0 aromatic carbocycles. The third kappa shape index (κ3) is 4.03. The first kappa shape index (κ1) is 13.9. The van der Waals surface area contributed by atoms with Crippen molar-refractivity contribution in [1.82, 2.24) is 4.31 Å². The van der Waals surface area contributed by atoms with E-state index in [0.717, 1.165) is 12.8 Å². The van der Waals surface area contributed by atoms with Crippen molar-refractivity contribution in [2.45, 2.75) is 39.5 Å². The van der Waals surface area contributed by atoms with Crippen LogP contribution in [-0.2, 0) is 10.0 Å². The maximum atomic E-state index is 12.0. The van der Waals surface area contributed by atoms with Crippen LogP contribution < -0.4 is 0 Å². The van der Waals surface area contributed by atoms with E-state index in [1.54, 1.807) is 4.31 Å². The van der Waals surface area contributed by atoms with Gasteiger partial charge in [-0.3, -0.25) is 0 Å². The largest absolute Gasteiger partial charge is 0.396 e. The predicted octanol–water partition coefficient (Wildman–Crippen LogP) is 1.21. The Balaban J connectivity index is 2.54. The number of hydrogen-bond donors (Lipinski definition) is 1. The standard InChI is InChI=1S/C11H23NO3S/c1-11(2)6-5-7-12(10-11)16(14,15)9-4-3-8-13/h13H,3-10H2,1-2H3. The van der Waals surface area contributed by atoms with E-state index in [2.05, 4.69) is 13.8 Å². The normalized spacial score (nSPS) is 22.2. The van der Waals surface area contributed by atoms with E-state index in [0.29, 0.717) is 25.9 Å². The van der Waals surface area contributed by atoms with E-state index in [1.165, 1.54) is 0 Å². The zero-order valence-corrected chi connectivity index (χ0v) is 11.1. The fourth-order valence-electron chi connectivity index (χ4n) is 2.13. The summed E-state index contributed by atoms with van der Waals surface area (Å²) in [5.41, 5.74) is 0.0995. The maximum absolute atomic E-state index is 12.0. The molecule has 0 spiro atoms. The molecule has 0 radical (unpaired) electrons. The molecule has 0 aromatic rings. The van der Waals surface area contributed by atoms with E-state index in [-0.39, 0.29) is 17.8 Å². The lowest BCUT2D eigenvalue weighted by Gasteiger charge is -2.37. The van der Waals surface area contributed by atoms with Gasteiger partial charge in [-0.2, -0.15) is 0 Å². The first-order valence-electron chi connectivity index (χ1n) is 5.96. The Morgan fingerprint density at radius 3 is 2.56 bits per heavy atom. The summed E-state index contributed by atoms with van der Waals surface area (Å²) >= 11 is 0. The number of hydrogen-bond acceptors (Lipinski definition) is 3. The Bertz CT molecular complexity index is 311. The molecule has 0 saturated carbocycles. The number of piperidine rings is 1. The van der Waals surface area contributed by atoms with Crippen LogP contribution >= 0.6 is 0 Å². The van der Waals surface area contributed by atoms with E-state index < -0.39 is 10.0 Å². The predicted molar refractivity (Wildman–Crippen MR) is 64.7 cm³/mol. The van der Waals surface area contributed by atoms with Crippen LogP contribution in [0, 0.1) is 5.41 Å². The highest BCUT2D eigenvalue weighted by Gasteiger charge is 2.32. The molecule has 5 heteroatoms. The third-order valence-corrected chi connectivity index (χ3v) is 4.97. The van der Waals surface area contributed by atoms with Crippen LogP contribution in [0.15, 0.2) is 0 Å². The summed E-state index contributed by atoms with van der Waals surface area (Å²) in [5, 5.41) is 8.65. The molecule has 0 aromatic heterocycles. The molecule has 1 aliphatic rings. The number of aliphatic hydroxyl groups excluding tert-OH is 1. The van der Waals surface area contributed by atoms with E-state index in [4.69, 9.17) is 5.11 Å². The summed E-state index contributed by atoms with van der Waals surface area (Å²) in [6, 6.07) is 0. The second-order valence-corrected chi connectivity index (χ2v) is 7.44. The first-order chi connectivity index (χ1) is 7.37. The lowest BCUT2D eigenvalue weighted by molar-refractivity contribution is 0.186. The number of sulfonamides is 1. The SMILES string of the molecule is CC1(C)CCCN(S(=O)(=O)CCCCO)C1. The van der Waals surface area contributed by atoms with Crippen LogP contribution in [0.4, 0.5) is 0 Å². The van der Waals surface area contributed by atoms with Crippen molar-refractivity contribution in [3.63, 3.8) is 0 Å². The highest BCUT2D eigenvalue weighted by Crippen LogP contribution is 2.30. The molecule has 1 heterocycles. The lowest BCUT2D eigenvalue weighted by atomic mass is 9.85. The monoisotopic (exact) mass is 249 g/mol. The van der Waals surface area contributed by atoms with Crippen LogP contribution in [0.3, 0.4) is 0 Å². The molecule has 0 atom stereocenters. The van der Waals surface area contributed by atoms with Crippen molar-refractivity contribution in [2.75, 3.05) is 25.4 Å². The fraction of sp³-hybridized carbons (Fsp3) is 1.00. The van der Waals surface area contributed by atoms with Gasteiger partial charge in [-0.25, -0.2) is 12.7 Å². The van der Waals surface area contributed by atoms with Gasteiger partial charge < -0.3 is 5.11 Å². The number of unbranched alkanes of at least 4 members (excludes halogenated alkanes) is 1. The molecule has 1 rings (SSSR count). The zero-order valence-electron chi connectivity index (χ0n) is 10.3. The van der Waals surface area contributed by atoms with Gasteiger partial charge in [0.2, 0.25) is 10.0 Å². The van der Waals surface area contributed by atoms with Crippen molar-refractivity contribution < 1.29 is 13.5 Å². The van der Waals surface area contributed by atoms with Crippen molar-refractivity contribution in [2.24, 2.45) is 5.41 Å². The summed E-state index contributed by atoms with van der Waals surface area (Å²) in [6.45, 7) is 5.59. The topological polar surface area (TPSA) is 57.6 Å². The van der Waals surface area contributed by atoms with Gasteiger partial charge in [0.25, 0.3) is 0 Å². The molecule has 16 heavy (non-hydrogen) atoms. The minimum Gasteiger partial charge on any atom is -0.396 e. The van der Waals surface area contributed by atoms with E-state index >= 15 is 0 Å². The van der Waals surface area contributed by atoms with Crippen molar-refractivity contribution in [1.29, 1.82) is 0 Å². The minimum atomic E-state index is -3.10. The second kappa shape index (κ2) is 5.47. The van der Waals surface area contributed by atoms with Crippen molar-refractivity contribution >= 4 is 10.0 Å². The minimum absolute atomic E-state index is 0.0704. The Hall–Kier alpha value is -0.130. The molecule has 0 amide bonds. The summed E-state index contributed by atoms with van der Waals surface area (Å²) < 4.78 is 25.6. The number of aliphatic hydroxyl groups is 1. The van der Waals surface area contributed by atoms with Gasteiger partial charge in [0.1, 0.15) is 0 Å². The van der Waals surface area contributed by atoms with Crippen LogP contribution in [-0.4, -0.2) is 43.3 Å². The van der Waals surface area contributed by atoms with Crippen LogP contribution in [0.2, 0.25) is 0 Å². The van der Waals surface area contributed by atoms with Crippen molar-refractivity contribution in [3.8, 4) is 0 Å². The smallest absolute Gasteiger partial charge is 0.214 e. The van der Waals surface area contributed by atoms with Gasteiger partial charge in [-0.15, -0.1) is 0 Å². The van der Waals surface area contributed by atoms with Gasteiger partial charge in [-0.05, 0) is 31.1 Å². The molecule has 1 N–H and O–H groups in total. The highest BCUT2D eigenvalue weighted by atomic mass is 32.2. The molecule has 0 unspecified atom stereocenters.